The van der Waals surface area contributed by atoms with Crippen LogP contribution in [0.4, 0.5) is 0 Å². The summed E-state index contributed by atoms with van der Waals surface area (Å²) in [6.07, 6.45) is 30.9. The average molecular weight is 613 g/mol. The van der Waals surface area contributed by atoms with Crippen LogP contribution >= 0.6 is 0 Å². The fourth-order valence-electron chi connectivity index (χ4n) is 5.26. The third kappa shape index (κ3) is 17.5. The van der Waals surface area contributed by atoms with Gasteiger partial charge in [0.1, 0.15) is 0 Å². The van der Waals surface area contributed by atoms with Crippen LogP contribution in [0.1, 0.15) is 153 Å². The molecule has 0 amide bonds. The van der Waals surface area contributed by atoms with Gasteiger partial charge in [-0.15, -0.1) is 0 Å². The molecule has 0 fully saturated rings. The summed E-state index contributed by atoms with van der Waals surface area (Å²) in [4.78, 5) is 0. The number of rotatable bonds is 24. The van der Waals surface area contributed by atoms with Crippen molar-refractivity contribution < 1.29 is 0 Å². The third-order valence-electron chi connectivity index (χ3n) is 7.77. The summed E-state index contributed by atoms with van der Waals surface area (Å²) in [5, 5.41) is 0. The van der Waals surface area contributed by atoms with E-state index >= 15 is 0 Å². The molecule has 0 aliphatic heterocycles. The van der Waals surface area contributed by atoms with Gasteiger partial charge in [0.25, 0.3) is 0 Å². The normalized spacial score (nSPS) is 11.3. The Bertz CT molecular complexity index is 680. The van der Waals surface area contributed by atoms with Gasteiger partial charge in [0.15, 0.2) is 0 Å². The Morgan fingerprint density at radius 1 is 0.351 bits per heavy atom. The zero-order chi connectivity index (χ0) is 26.2. The quantitative estimate of drug-likeness (QED) is 0.0818. The van der Waals surface area contributed by atoms with Crippen molar-refractivity contribution in [3.8, 4) is 0 Å². The Balaban J connectivity index is 1.51. The van der Waals surface area contributed by atoms with Crippen molar-refractivity contribution in [1.82, 2.24) is 0 Å². The van der Waals surface area contributed by atoms with Crippen LogP contribution in [-0.2, 0) is 12.8 Å². The predicted octanol–water partition coefficient (Wildman–Crippen LogP) is 10.3. The van der Waals surface area contributed by atoms with Crippen LogP contribution in [0, 0.1) is 0 Å². The van der Waals surface area contributed by atoms with Crippen LogP contribution in [-0.4, -0.2) is 21.6 Å². The standard InChI is InChI=1S/2C18H29.Sb/c2*1-2-3-4-5-6-7-8-9-10-12-15-18-16-13-11-14-17-18;/h2*13-14,16-17H,2-10,12,15H2,1H3;. The van der Waals surface area contributed by atoms with Gasteiger partial charge in [0, 0.05) is 0 Å². The van der Waals surface area contributed by atoms with E-state index in [0.717, 1.165) is 0 Å². The molecule has 2 aromatic rings. The molecule has 0 unspecified atom stereocenters. The summed E-state index contributed by atoms with van der Waals surface area (Å²) in [6.45, 7) is 4.60. The summed E-state index contributed by atoms with van der Waals surface area (Å²) < 4.78 is 3.18. The molecule has 0 heterocycles. The molecular formula is C36H58Sb. The predicted molar refractivity (Wildman–Crippen MR) is 169 cm³/mol. The molecule has 37 heavy (non-hydrogen) atoms. The maximum absolute atomic E-state index is 2.42. The van der Waals surface area contributed by atoms with Gasteiger partial charge < -0.3 is 0 Å². The molecule has 2 rings (SSSR count). The first kappa shape index (κ1) is 32.5. The van der Waals surface area contributed by atoms with E-state index in [4.69, 9.17) is 0 Å². The second-order valence-electron chi connectivity index (χ2n) is 11.3. The molecular weight excluding hydrogens is 554 g/mol. The van der Waals surface area contributed by atoms with Crippen molar-refractivity contribution in [3.63, 3.8) is 0 Å². The van der Waals surface area contributed by atoms with E-state index in [9.17, 15) is 0 Å². The van der Waals surface area contributed by atoms with E-state index in [1.807, 2.05) is 0 Å². The fourth-order valence-corrected chi connectivity index (χ4v) is 7.81. The third-order valence-corrected chi connectivity index (χ3v) is 10.9. The molecule has 0 bridgehead atoms. The van der Waals surface area contributed by atoms with Gasteiger partial charge in [-0.05, 0) is 0 Å². The summed E-state index contributed by atoms with van der Waals surface area (Å²) in [5.41, 5.74) is 3.07. The first-order valence-corrected chi connectivity index (χ1v) is 18.8. The summed E-state index contributed by atoms with van der Waals surface area (Å²) in [6, 6.07) is 19.3. The van der Waals surface area contributed by atoms with Gasteiger partial charge in [0.2, 0.25) is 0 Å². The van der Waals surface area contributed by atoms with Gasteiger partial charge in [-0.25, -0.2) is 0 Å². The Morgan fingerprint density at radius 2 is 0.622 bits per heavy atom. The number of hydrogen-bond acceptors (Lipinski definition) is 0. The number of aryl methyl sites for hydroxylation is 2. The monoisotopic (exact) mass is 611 g/mol. The Hall–Kier alpha value is -0.742. The molecule has 0 N–H and O–H groups in total. The molecule has 0 saturated carbocycles. The summed E-state index contributed by atoms with van der Waals surface area (Å²) in [5.74, 6) is 0. The number of hydrogen-bond donors (Lipinski definition) is 0. The van der Waals surface area contributed by atoms with Gasteiger partial charge in [-0.1, -0.05) is 52.4 Å². The molecule has 1 radical (unpaired) electrons. The molecule has 0 nitrogen and oxygen atoms in total. The first-order chi connectivity index (χ1) is 18.3. The van der Waals surface area contributed by atoms with Crippen LogP contribution in [0.15, 0.2) is 48.5 Å². The van der Waals surface area contributed by atoms with Crippen molar-refractivity contribution in [3.05, 3.63) is 59.7 Å². The first-order valence-electron chi connectivity index (χ1n) is 16.2. The summed E-state index contributed by atoms with van der Waals surface area (Å²) in [7, 11) is 0. The van der Waals surface area contributed by atoms with Crippen molar-refractivity contribution in [2.24, 2.45) is 0 Å². The topological polar surface area (TPSA) is 0 Å². The minimum atomic E-state index is -0.461. The van der Waals surface area contributed by atoms with Gasteiger partial charge in [0.05, 0.1) is 0 Å². The maximum atomic E-state index is 2.42. The molecule has 207 valence electrons. The van der Waals surface area contributed by atoms with Crippen LogP contribution in [0.2, 0.25) is 0 Å². The van der Waals surface area contributed by atoms with Crippen molar-refractivity contribution in [2.75, 3.05) is 0 Å². The van der Waals surface area contributed by atoms with Crippen LogP contribution in [0.3, 0.4) is 0 Å². The van der Waals surface area contributed by atoms with Crippen LogP contribution in [0.5, 0.6) is 0 Å². The SMILES string of the molecule is CCCCCCCCCCCCc1cc[c]([Sb][c]2ccc(CCCCCCCCCCCC)cc2)cc1. The number of unbranched alkanes of at least 4 members (excludes halogenated alkanes) is 18. The molecule has 0 atom stereocenters. The van der Waals surface area contributed by atoms with Crippen molar-refractivity contribution in [2.45, 2.75) is 155 Å². The zero-order valence-corrected chi connectivity index (χ0v) is 27.2. The molecule has 0 aliphatic carbocycles. The fraction of sp³-hybridized carbons (Fsp3) is 0.667. The Morgan fingerprint density at radius 3 is 0.919 bits per heavy atom. The zero-order valence-electron chi connectivity index (χ0n) is 24.6. The Labute approximate surface area is 242 Å². The van der Waals surface area contributed by atoms with Crippen LogP contribution in [0.25, 0.3) is 0 Å². The van der Waals surface area contributed by atoms with Crippen molar-refractivity contribution in [1.29, 1.82) is 0 Å². The van der Waals surface area contributed by atoms with Gasteiger partial charge in [-0.2, -0.15) is 0 Å². The number of benzene rings is 2. The average Bonchev–Trinajstić information content (AvgIpc) is 2.92. The van der Waals surface area contributed by atoms with Crippen LogP contribution < -0.4 is 7.02 Å². The van der Waals surface area contributed by atoms with Gasteiger partial charge in [-0.3, -0.25) is 0 Å². The van der Waals surface area contributed by atoms with E-state index in [1.54, 1.807) is 7.02 Å². The molecule has 0 aromatic heterocycles. The van der Waals surface area contributed by atoms with Gasteiger partial charge >= 0.3 is 191 Å². The van der Waals surface area contributed by atoms with Crippen molar-refractivity contribution >= 4 is 28.6 Å². The molecule has 1 heteroatoms. The molecule has 0 saturated heterocycles. The minimum absolute atomic E-state index is 0.461. The van der Waals surface area contributed by atoms with E-state index in [0.29, 0.717) is 0 Å². The van der Waals surface area contributed by atoms with E-state index in [2.05, 4.69) is 62.4 Å². The van der Waals surface area contributed by atoms with E-state index < -0.39 is 21.6 Å². The Kier molecular flexibility index (Phi) is 20.3. The second kappa shape index (κ2) is 23.2. The second-order valence-corrected chi connectivity index (χ2v) is 14.9. The molecule has 2 aromatic carbocycles. The molecule has 0 aliphatic rings. The summed E-state index contributed by atoms with van der Waals surface area (Å²) >= 11 is -0.461. The van der Waals surface area contributed by atoms with E-state index in [-0.39, 0.29) is 0 Å². The molecule has 0 spiro atoms. The van der Waals surface area contributed by atoms with E-state index in [1.165, 1.54) is 152 Å².